The number of aliphatic hydroxyl groups is 2. The number of carbonyl (C=O) groups is 5. The molecule has 0 radical (unpaired) electrons. The summed E-state index contributed by atoms with van der Waals surface area (Å²) in [5, 5.41) is 30.5. The number of hydrogen-bond acceptors (Lipinski definition) is 16. The lowest BCUT2D eigenvalue weighted by molar-refractivity contribution is -0.146. The molecule has 0 bridgehead atoms. The van der Waals surface area contributed by atoms with Gasteiger partial charge in [0.05, 0.1) is 63.6 Å². The van der Waals surface area contributed by atoms with Crippen molar-refractivity contribution in [2.75, 3.05) is 65.9 Å². The van der Waals surface area contributed by atoms with Crippen molar-refractivity contribution >= 4 is 52.1 Å². The lowest BCUT2D eigenvalue weighted by Crippen LogP contribution is -2.57. The summed E-state index contributed by atoms with van der Waals surface area (Å²) < 4.78 is 22.9. The molecule has 4 aromatic rings. The van der Waals surface area contributed by atoms with Crippen molar-refractivity contribution in [3.05, 3.63) is 94.3 Å². The van der Waals surface area contributed by atoms with E-state index in [1.165, 1.54) is 4.90 Å². The fraction of sp³-hybridized carbons (Fsp3) is 0.597. The van der Waals surface area contributed by atoms with Crippen LogP contribution in [0.1, 0.15) is 122 Å². The highest BCUT2D eigenvalue weighted by molar-refractivity contribution is 7.13. The van der Waals surface area contributed by atoms with E-state index in [2.05, 4.69) is 56.8 Å². The van der Waals surface area contributed by atoms with E-state index in [0.717, 1.165) is 81.9 Å². The fourth-order valence-corrected chi connectivity index (χ4v) is 11.8. The highest BCUT2D eigenvalue weighted by Crippen LogP contribution is 2.35. The van der Waals surface area contributed by atoms with E-state index in [0.29, 0.717) is 58.3 Å². The number of aliphatic hydroxyl groups excluding tert-OH is 2. The minimum Gasteiger partial charge on any atom is -0.391 e. The highest BCUT2D eigenvalue weighted by Gasteiger charge is 2.45. The van der Waals surface area contributed by atoms with Gasteiger partial charge in [0.25, 0.3) is 0 Å². The zero-order valence-corrected chi connectivity index (χ0v) is 51.1. The number of unbranched alkanes of at least 4 members (excludes halogenated alkanes) is 4. The first-order chi connectivity index (χ1) is 39.1. The molecular weight excluding hydrogens is 1080 g/mol. The number of thiazole rings is 2. The Morgan fingerprint density at radius 2 is 1.09 bits per heavy atom. The van der Waals surface area contributed by atoms with Crippen LogP contribution in [0.3, 0.4) is 0 Å². The normalized spacial score (nSPS) is 18.1. The van der Waals surface area contributed by atoms with Crippen LogP contribution in [0.5, 0.6) is 0 Å². The monoisotopic (exact) mass is 1170 g/mol. The van der Waals surface area contributed by atoms with Crippen molar-refractivity contribution in [1.29, 1.82) is 0 Å². The Kier molecular flexibility index (Phi) is 25.6. The Balaban J connectivity index is 0.763. The quantitative estimate of drug-likeness (QED) is 0.0285. The first-order valence-electron chi connectivity index (χ1n) is 28.9. The highest BCUT2D eigenvalue weighted by atomic mass is 32.1. The summed E-state index contributed by atoms with van der Waals surface area (Å²) in [7, 11) is 0. The lowest BCUT2D eigenvalue weighted by atomic mass is 9.77. The number of benzene rings is 2. The summed E-state index contributed by atoms with van der Waals surface area (Å²) in [5.74, 6) is -2.19. The Labute approximate surface area is 493 Å². The molecule has 2 aliphatic heterocycles. The molecule has 6 atom stereocenters. The summed E-state index contributed by atoms with van der Waals surface area (Å²) in [6, 6.07) is 14.1. The number of nitrogens with zero attached hydrogens (tertiary/aromatic N) is 4. The van der Waals surface area contributed by atoms with Crippen LogP contribution in [0.2, 0.25) is 0 Å². The van der Waals surface area contributed by atoms with Crippen LogP contribution in [-0.4, -0.2) is 156 Å². The van der Waals surface area contributed by atoms with Crippen LogP contribution in [0.15, 0.2) is 71.8 Å². The number of β-amino-alcohol motifs (C(OH)–C–C–N with tert-alkyl or cyclic N) is 2. The molecule has 450 valence electrons. The third-order valence-electron chi connectivity index (χ3n) is 15.0. The molecule has 2 aromatic heterocycles. The number of hydrogen-bond donors (Lipinski definition) is 5. The summed E-state index contributed by atoms with van der Waals surface area (Å²) in [4.78, 5) is 81.8. The zero-order chi connectivity index (χ0) is 59.4. The van der Waals surface area contributed by atoms with Gasteiger partial charge in [-0.25, -0.2) is 9.97 Å². The van der Waals surface area contributed by atoms with Crippen molar-refractivity contribution in [1.82, 2.24) is 35.7 Å². The largest absolute Gasteiger partial charge is 0.391 e. The van der Waals surface area contributed by atoms with Crippen LogP contribution < -0.4 is 16.0 Å². The smallest absolute Gasteiger partial charge is 0.246 e. The molecule has 5 N–H and O–H groups in total. The summed E-state index contributed by atoms with van der Waals surface area (Å²) in [5.41, 5.74) is 9.21. The predicted octanol–water partition coefficient (Wildman–Crippen LogP) is 7.95. The van der Waals surface area contributed by atoms with Crippen molar-refractivity contribution in [3.63, 3.8) is 0 Å². The van der Waals surface area contributed by atoms with Gasteiger partial charge in [-0.15, -0.1) is 22.7 Å². The maximum Gasteiger partial charge on any atom is 0.246 e. The Hall–Kier alpha value is -5.45. The minimum absolute atomic E-state index is 0.0258. The van der Waals surface area contributed by atoms with Gasteiger partial charge in [0.1, 0.15) is 25.3 Å². The van der Waals surface area contributed by atoms with Gasteiger partial charge in [-0.1, -0.05) is 96.7 Å². The predicted molar refractivity (Wildman–Crippen MR) is 320 cm³/mol. The van der Waals surface area contributed by atoms with E-state index in [4.69, 9.17) is 18.9 Å². The molecule has 0 aliphatic carbocycles. The molecule has 6 rings (SSSR count). The van der Waals surface area contributed by atoms with Gasteiger partial charge in [0.2, 0.25) is 23.6 Å². The second-order valence-electron chi connectivity index (χ2n) is 23.8. The molecule has 2 saturated heterocycles. The average Bonchev–Trinajstić information content (AvgIpc) is 4.32. The standard InChI is InChI=1S/C62H89N7O11S2/c1-41(63-33-44-16-20-46(21-17-44)55-42(2)65-39-81-55)52-31-48(70)35-68(52)60(76)57(62(7,8)9)67-54(73)38-80-27-15-11-13-25-78-29-28-77-24-12-10-14-26-79-37-50(72)30-51(61(4,5)6)59(75)69-36-49(71)32-53(69)58(74)64-34-45-18-22-47(23-19-45)56-43(3)66-40-82-56/h16-23,39-40,48-49,51-53,57,63,70-71H,1,10-15,24-38H2,2-9H3,(H,64,74)(H,67,73)/t48-,49-,51-,52+,53+,57-/m1/s1. The average molecular weight is 1170 g/mol. The van der Waals surface area contributed by atoms with Crippen molar-refractivity contribution in [2.45, 2.75) is 157 Å². The maximum atomic E-state index is 14.1. The lowest BCUT2D eigenvalue weighted by Gasteiger charge is -2.36. The Morgan fingerprint density at radius 1 is 0.622 bits per heavy atom. The van der Waals surface area contributed by atoms with Gasteiger partial charge in [0.15, 0.2) is 5.78 Å². The summed E-state index contributed by atoms with van der Waals surface area (Å²) in [6.07, 6.45) is 3.80. The van der Waals surface area contributed by atoms with Crippen LogP contribution >= 0.6 is 22.7 Å². The minimum atomic E-state index is -0.840. The number of carbonyl (C=O) groups excluding carboxylic acids is 5. The van der Waals surface area contributed by atoms with Crippen LogP contribution in [0, 0.1) is 30.6 Å². The Morgan fingerprint density at radius 3 is 1.56 bits per heavy atom. The number of ketones is 1. The molecule has 0 unspecified atom stereocenters. The van der Waals surface area contributed by atoms with E-state index in [1.807, 2.05) is 90.7 Å². The molecule has 4 amide bonds. The number of Topliss-reactive ketones (excluding diaryl/α,β-unsaturated/α-hetero) is 1. The third kappa shape index (κ3) is 20.1. The number of amides is 4. The summed E-state index contributed by atoms with van der Waals surface area (Å²) >= 11 is 3.19. The van der Waals surface area contributed by atoms with Gasteiger partial charge in [-0.2, -0.15) is 0 Å². The SMILES string of the molecule is C=C(NCc1ccc(-c2scnc2C)cc1)[C@@H]1C[C@@H](O)CN1C(=O)[C@@H](NC(=O)COCCCCCOCCOCCCCCOCC(=O)C[C@H](C(=O)N1C[C@H](O)C[C@H]1C(=O)NCc1ccc(-c2scnc2C)cc1)C(C)(C)C)C(C)(C)C. The number of nitrogens with one attached hydrogen (secondary N) is 3. The number of rotatable bonds is 33. The molecule has 2 fully saturated rings. The van der Waals surface area contributed by atoms with Crippen molar-refractivity contribution in [2.24, 2.45) is 16.7 Å². The van der Waals surface area contributed by atoms with Crippen molar-refractivity contribution in [3.8, 4) is 20.9 Å². The Bertz CT molecular complexity index is 2500. The van der Waals surface area contributed by atoms with Crippen LogP contribution in [0.4, 0.5) is 0 Å². The molecule has 0 spiro atoms. The molecule has 18 nitrogen and oxygen atoms in total. The van der Waals surface area contributed by atoms with Crippen molar-refractivity contribution < 1.29 is 53.1 Å². The fourth-order valence-electron chi connectivity index (χ4n) is 10.2. The number of ether oxygens (including phenoxy) is 4. The molecule has 82 heavy (non-hydrogen) atoms. The summed E-state index contributed by atoms with van der Waals surface area (Å²) in [6.45, 7) is 23.2. The second-order valence-corrected chi connectivity index (χ2v) is 25.5. The topological polar surface area (TPSA) is 231 Å². The molecule has 0 saturated carbocycles. The van der Waals surface area contributed by atoms with Gasteiger partial charge in [-0.3, -0.25) is 24.0 Å². The molecule has 4 heterocycles. The van der Waals surface area contributed by atoms with E-state index in [1.54, 1.807) is 27.6 Å². The van der Waals surface area contributed by atoms with Crippen LogP contribution in [0.25, 0.3) is 20.9 Å². The number of likely N-dealkylation sites (tertiary alicyclic amines) is 2. The zero-order valence-electron chi connectivity index (χ0n) is 49.5. The van der Waals surface area contributed by atoms with Crippen LogP contribution in [-0.2, 0) is 56.0 Å². The van der Waals surface area contributed by atoms with E-state index < -0.39 is 47.1 Å². The van der Waals surface area contributed by atoms with Gasteiger partial charge in [0, 0.05) is 83.5 Å². The van der Waals surface area contributed by atoms with Gasteiger partial charge >= 0.3 is 0 Å². The van der Waals surface area contributed by atoms with E-state index in [-0.39, 0.29) is 75.1 Å². The van der Waals surface area contributed by atoms with E-state index in [9.17, 15) is 34.2 Å². The van der Waals surface area contributed by atoms with E-state index >= 15 is 0 Å². The molecule has 20 heteroatoms. The first-order valence-corrected chi connectivity index (χ1v) is 30.6. The number of aryl methyl sites for hydroxylation is 2. The molecule has 2 aliphatic rings. The molecular formula is C62H89N7O11S2. The van der Waals surface area contributed by atoms with Gasteiger partial charge < -0.3 is 54.9 Å². The van der Waals surface area contributed by atoms with Gasteiger partial charge in [-0.05, 0) is 85.5 Å². The third-order valence-corrected chi connectivity index (χ3v) is 16.9. The maximum absolute atomic E-state index is 14.1. The molecule has 2 aromatic carbocycles. The number of aromatic nitrogens is 2. The second kappa shape index (κ2) is 32.0. The first kappa shape index (κ1) is 65.7.